The second-order valence-electron chi connectivity index (χ2n) is 5.05. The van der Waals surface area contributed by atoms with Crippen LogP contribution in [0.25, 0.3) is 0 Å². The summed E-state index contributed by atoms with van der Waals surface area (Å²) in [5.41, 5.74) is 0.656. The smallest absolute Gasteiger partial charge is 0.126 e. The predicted molar refractivity (Wildman–Crippen MR) is 73.0 cm³/mol. The normalized spacial score (nSPS) is 14.5. The zero-order chi connectivity index (χ0) is 13.6. The van der Waals surface area contributed by atoms with Gasteiger partial charge in [0.05, 0.1) is 0 Å². The minimum absolute atomic E-state index is 0.0439. The maximum atomic E-state index is 13.2. The maximum absolute atomic E-state index is 13.2. The van der Waals surface area contributed by atoms with Crippen molar-refractivity contribution in [3.05, 3.63) is 35.4 Å². The van der Waals surface area contributed by atoms with Crippen LogP contribution in [0.4, 0.5) is 8.78 Å². The van der Waals surface area contributed by atoms with Crippen molar-refractivity contribution in [2.75, 3.05) is 5.88 Å². The lowest BCUT2D eigenvalue weighted by Gasteiger charge is -2.31. The number of benzene rings is 1. The SMILES string of the molecule is CCCCC(CC)(CCl)Cc1cc(F)cc(F)c1. The first kappa shape index (κ1) is 15.4. The topological polar surface area (TPSA) is 0 Å². The highest BCUT2D eigenvalue weighted by Gasteiger charge is 2.27. The van der Waals surface area contributed by atoms with Crippen molar-refractivity contribution in [2.24, 2.45) is 5.41 Å². The van der Waals surface area contributed by atoms with Crippen LogP contribution in [0.1, 0.15) is 45.1 Å². The van der Waals surface area contributed by atoms with E-state index in [1.807, 2.05) is 0 Å². The van der Waals surface area contributed by atoms with Gasteiger partial charge in [-0.15, -0.1) is 11.6 Å². The van der Waals surface area contributed by atoms with Crippen molar-refractivity contribution in [2.45, 2.75) is 46.0 Å². The van der Waals surface area contributed by atoms with Gasteiger partial charge < -0.3 is 0 Å². The average molecular weight is 275 g/mol. The number of unbranched alkanes of at least 4 members (excludes halogenated alkanes) is 1. The van der Waals surface area contributed by atoms with Gasteiger partial charge in [-0.1, -0.05) is 26.7 Å². The molecule has 0 heterocycles. The number of alkyl halides is 1. The molecular weight excluding hydrogens is 254 g/mol. The summed E-state index contributed by atoms with van der Waals surface area (Å²) in [7, 11) is 0. The fourth-order valence-corrected chi connectivity index (χ4v) is 2.71. The Morgan fingerprint density at radius 2 is 1.72 bits per heavy atom. The molecule has 1 aromatic carbocycles. The van der Waals surface area contributed by atoms with Gasteiger partial charge in [0.1, 0.15) is 11.6 Å². The van der Waals surface area contributed by atoms with E-state index in [9.17, 15) is 8.78 Å². The van der Waals surface area contributed by atoms with E-state index >= 15 is 0 Å². The molecule has 18 heavy (non-hydrogen) atoms. The summed E-state index contributed by atoms with van der Waals surface area (Å²) < 4.78 is 26.4. The van der Waals surface area contributed by atoms with Gasteiger partial charge >= 0.3 is 0 Å². The maximum Gasteiger partial charge on any atom is 0.126 e. The molecule has 1 rings (SSSR count). The average Bonchev–Trinajstić information content (AvgIpc) is 2.33. The third-order valence-corrected chi connectivity index (χ3v) is 4.16. The van der Waals surface area contributed by atoms with Gasteiger partial charge in [-0.05, 0) is 42.4 Å². The van der Waals surface area contributed by atoms with Gasteiger partial charge in [0.2, 0.25) is 0 Å². The Kier molecular flexibility index (Phi) is 6.07. The standard InChI is InChI=1S/C15H21ClF2/c1-3-5-6-15(4-2,11-16)10-12-7-13(17)9-14(18)8-12/h7-9H,3-6,10-11H2,1-2H3. The van der Waals surface area contributed by atoms with Crippen LogP contribution in [0.15, 0.2) is 18.2 Å². The summed E-state index contributed by atoms with van der Waals surface area (Å²) in [5.74, 6) is -0.498. The van der Waals surface area contributed by atoms with E-state index in [4.69, 9.17) is 11.6 Å². The Morgan fingerprint density at radius 1 is 1.11 bits per heavy atom. The molecule has 0 fully saturated rings. The summed E-state index contributed by atoms with van der Waals surface area (Å²) in [4.78, 5) is 0. The lowest BCUT2D eigenvalue weighted by molar-refractivity contribution is 0.278. The van der Waals surface area contributed by atoms with Gasteiger partial charge in [-0.2, -0.15) is 0 Å². The van der Waals surface area contributed by atoms with E-state index in [-0.39, 0.29) is 5.41 Å². The molecule has 102 valence electrons. The van der Waals surface area contributed by atoms with Crippen LogP contribution in [0.5, 0.6) is 0 Å². The summed E-state index contributed by atoms with van der Waals surface area (Å²) in [6.45, 7) is 4.23. The van der Waals surface area contributed by atoms with Crippen molar-refractivity contribution >= 4 is 11.6 Å². The third-order valence-electron chi connectivity index (χ3n) is 3.60. The van der Waals surface area contributed by atoms with Crippen LogP contribution in [-0.2, 0) is 6.42 Å². The van der Waals surface area contributed by atoms with Crippen LogP contribution < -0.4 is 0 Å². The molecule has 0 aromatic heterocycles. The molecule has 1 aromatic rings. The fourth-order valence-electron chi connectivity index (χ4n) is 2.30. The summed E-state index contributed by atoms with van der Waals surface area (Å²) >= 11 is 6.10. The molecule has 1 unspecified atom stereocenters. The van der Waals surface area contributed by atoms with Crippen molar-refractivity contribution in [3.63, 3.8) is 0 Å². The van der Waals surface area contributed by atoms with Crippen molar-refractivity contribution < 1.29 is 8.78 Å². The monoisotopic (exact) mass is 274 g/mol. The molecular formula is C15H21ClF2. The largest absolute Gasteiger partial charge is 0.207 e. The second-order valence-corrected chi connectivity index (χ2v) is 5.31. The summed E-state index contributed by atoms with van der Waals surface area (Å²) in [6, 6.07) is 3.72. The first-order valence-electron chi connectivity index (χ1n) is 6.56. The minimum Gasteiger partial charge on any atom is -0.207 e. The molecule has 0 nitrogen and oxygen atoms in total. The molecule has 0 bridgehead atoms. The molecule has 0 radical (unpaired) electrons. The lowest BCUT2D eigenvalue weighted by Crippen LogP contribution is -2.25. The molecule has 0 saturated heterocycles. The molecule has 0 spiro atoms. The molecule has 1 atom stereocenters. The third kappa shape index (κ3) is 4.24. The number of hydrogen-bond acceptors (Lipinski definition) is 0. The van der Waals surface area contributed by atoms with Gasteiger partial charge in [-0.25, -0.2) is 8.78 Å². The molecule has 0 aliphatic carbocycles. The van der Waals surface area contributed by atoms with Crippen LogP contribution >= 0.6 is 11.6 Å². The van der Waals surface area contributed by atoms with Crippen molar-refractivity contribution in [3.8, 4) is 0 Å². The molecule has 3 heteroatoms. The minimum atomic E-state index is -0.514. The molecule has 0 N–H and O–H groups in total. The van der Waals surface area contributed by atoms with E-state index < -0.39 is 11.6 Å². The van der Waals surface area contributed by atoms with E-state index in [0.717, 1.165) is 31.7 Å². The highest BCUT2D eigenvalue weighted by Crippen LogP contribution is 2.34. The Bertz CT molecular complexity index is 353. The quantitative estimate of drug-likeness (QED) is 0.589. The Labute approximate surface area is 113 Å². The summed E-state index contributed by atoms with van der Waals surface area (Å²) in [6.07, 6.45) is 4.77. The van der Waals surface area contributed by atoms with Gasteiger partial charge in [0.15, 0.2) is 0 Å². The number of halogens is 3. The number of hydrogen-bond donors (Lipinski definition) is 0. The highest BCUT2D eigenvalue weighted by molar-refractivity contribution is 6.18. The summed E-state index contributed by atoms with van der Waals surface area (Å²) in [5, 5.41) is 0. The molecule has 0 aliphatic heterocycles. The Hall–Kier alpha value is -0.630. The predicted octanol–water partition coefficient (Wildman–Crippen LogP) is 5.33. The Balaban J connectivity index is 2.88. The van der Waals surface area contributed by atoms with E-state index in [2.05, 4.69) is 13.8 Å². The Morgan fingerprint density at radius 3 is 2.17 bits per heavy atom. The first-order valence-corrected chi connectivity index (χ1v) is 7.09. The molecule has 0 aliphatic rings. The van der Waals surface area contributed by atoms with E-state index in [0.29, 0.717) is 17.9 Å². The van der Waals surface area contributed by atoms with Gasteiger partial charge in [-0.3, -0.25) is 0 Å². The molecule has 0 amide bonds. The van der Waals surface area contributed by atoms with E-state index in [1.54, 1.807) is 0 Å². The van der Waals surface area contributed by atoms with Crippen LogP contribution in [0, 0.1) is 17.0 Å². The van der Waals surface area contributed by atoms with Crippen molar-refractivity contribution in [1.29, 1.82) is 0 Å². The highest BCUT2D eigenvalue weighted by atomic mass is 35.5. The van der Waals surface area contributed by atoms with Crippen LogP contribution in [-0.4, -0.2) is 5.88 Å². The zero-order valence-electron chi connectivity index (χ0n) is 11.1. The number of rotatable bonds is 7. The fraction of sp³-hybridized carbons (Fsp3) is 0.600. The van der Waals surface area contributed by atoms with Gasteiger partial charge in [0.25, 0.3) is 0 Å². The molecule has 0 saturated carbocycles. The first-order chi connectivity index (χ1) is 8.55. The van der Waals surface area contributed by atoms with E-state index in [1.165, 1.54) is 12.1 Å². The second kappa shape index (κ2) is 7.08. The zero-order valence-corrected chi connectivity index (χ0v) is 11.9. The lowest BCUT2D eigenvalue weighted by atomic mass is 9.77. The van der Waals surface area contributed by atoms with Crippen molar-refractivity contribution in [1.82, 2.24) is 0 Å². The van der Waals surface area contributed by atoms with Gasteiger partial charge in [0, 0.05) is 11.9 Å². The van der Waals surface area contributed by atoms with Crippen LogP contribution in [0.3, 0.4) is 0 Å². The van der Waals surface area contributed by atoms with Crippen LogP contribution in [0.2, 0.25) is 0 Å².